The molecular weight excluding hydrogens is 292 g/mol. The van der Waals surface area contributed by atoms with E-state index in [2.05, 4.69) is 20.4 Å². The van der Waals surface area contributed by atoms with Crippen molar-refractivity contribution in [3.05, 3.63) is 46.6 Å². The minimum Gasteiger partial charge on any atom is -0.338 e. The van der Waals surface area contributed by atoms with Gasteiger partial charge < -0.3 is 5.32 Å². The molecule has 0 saturated carbocycles. The Balaban J connectivity index is 2.10. The Hall–Kier alpha value is -1.92. The molecular formula is C11H6Cl2FN5. The topological polar surface area (TPSA) is 55.1 Å². The van der Waals surface area contributed by atoms with E-state index in [9.17, 15) is 4.39 Å². The van der Waals surface area contributed by atoms with Crippen LogP contribution in [0.25, 0.3) is 5.78 Å². The molecule has 0 amide bonds. The Morgan fingerprint density at radius 1 is 1.26 bits per heavy atom. The first-order chi connectivity index (χ1) is 9.15. The third-order valence-corrected chi connectivity index (χ3v) is 2.92. The van der Waals surface area contributed by atoms with Crippen molar-refractivity contribution in [2.75, 3.05) is 5.32 Å². The summed E-state index contributed by atoms with van der Waals surface area (Å²) in [6, 6.07) is 6.17. The van der Waals surface area contributed by atoms with E-state index in [1.165, 1.54) is 23.0 Å². The highest BCUT2D eigenvalue weighted by Gasteiger charge is 2.10. The zero-order chi connectivity index (χ0) is 13.4. The van der Waals surface area contributed by atoms with Crippen molar-refractivity contribution in [3.63, 3.8) is 0 Å². The van der Waals surface area contributed by atoms with Gasteiger partial charge in [-0.3, -0.25) is 0 Å². The quantitative estimate of drug-likeness (QED) is 0.737. The minimum absolute atomic E-state index is 0.0278. The SMILES string of the molecule is Fc1c(Cl)cccc1Nc1cc(Cl)nc2ncnn12. The molecule has 3 rings (SSSR count). The third-order valence-electron chi connectivity index (χ3n) is 2.43. The lowest BCUT2D eigenvalue weighted by Gasteiger charge is -2.09. The zero-order valence-electron chi connectivity index (χ0n) is 9.31. The summed E-state index contributed by atoms with van der Waals surface area (Å²) >= 11 is 11.6. The van der Waals surface area contributed by atoms with E-state index in [1.54, 1.807) is 12.1 Å². The zero-order valence-corrected chi connectivity index (χ0v) is 10.8. The lowest BCUT2D eigenvalue weighted by atomic mass is 10.3. The molecule has 96 valence electrons. The molecule has 0 atom stereocenters. The summed E-state index contributed by atoms with van der Waals surface area (Å²) in [5.41, 5.74) is 0.214. The molecule has 0 aliphatic heterocycles. The Morgan fingerprint density at radius 3 is 2.95 bits per heavy atom. The Kier molecular flexibility index (Phi) is 2.96. The van der Waals surface area contributed by atoms with Crippen LogP contribution in [0.3, 0.4) is 0 Å². The van der Waals surface area contributed by atoms with Gasteiger partial charge in [0.25, 0.3) is 5.78 Å². The van der Waals surface area contributed by atoms with Crippen LogP contribution in [-0.2, 0) is 0 Å². The molecule has 8 heteroatoms. The van der Waals surface area contributed by atoms with Crippen molar-refractivity contribution in [1.29, 1.82) is 0 Å². The molecule has 3 aromatic rings. The molecule has 0 saturated heterocycles. The van der Waals surface area contributed by atoms with Crippen molar-refractivity contribution in [3.8, 4) is 0 Å². The molecule has 0 aliphatic carbocycles. The summed E-state index contributed by atoms with van der Waals surface area (Å²) in [5, 5.41) is 7.09. The van der Waals surface area contributed by atoms with Gasteiger partial charge in [0.2, 0.25) is 0 Å². The Morgan fingerprint density at radius 2 is 2.11 bits per heavy atom. The van der Waals surface area contributed by atoms with E-state index in [0.29, 0.717) is 11.6 Å². The van der Waals surface area contributed by atoms with Crippen molar-refractivity contribution < 1.29 is 4.39 Å². The molecule has 2 heterocycles. The average Bonchev–Trinajstić information content (AvgIpc) is 2.83. The average molecular weight is 298 g/mol. The number of hydrogen-bond donors (Lipinski definition) is 1. The first-order valence-corrected chi connectivity index (χ1v) is 5.98. The van der Waals surface area contributed by atoms with Gasteiger partial charge in [0.05, 0.1) is 10.7 Å². The molecule has 5 nitrogen and oxygen atoms in total. The first kappa shape index (κ1) is 12.1. The number of nitrogens with zero attached hydrogens (tertiary/aromatic N) is 4. The maximum absolute atomic E-state index is 13.8. The Labute approximate surface area is 117 Å². The van der Waals surface area contributed by atoms with E-state index < -0.39 is 5.82 Å². The van der Waals surface area contributed by atoms with Gasteiger partial charge in [0, 0.05) is 6.07 Å². The van der Waals surface area contributed by atoms with Crippen molar-refractivity contribution in [2.45, 2.75) is 0 Å². The fourth-order valence-electron chi connectivity index (χ4n) is 1.61. The number of halogens is 3. The number of rotatable bonds is 2. The van der Waals surface area contributed by atoms with Gasteiger partial charge in [-0.05, 0) is 12.1 Å². The largest absolute Gasteiger partial charge is 0.338 e. The number of fused-ring (bicyclic) bond motifs is 1. The van der Waals surface area contributed by atoms with Crippen LogP contribution in [0.15, 0.2) is 30.6 Å². The highest BCUT2D eigenvalue weighted by molar-refractivity contribution is 6.31. The minimum atomic E-state index is -0.551. The summed E-state index contributed by atoms with van der Waals surface area (Å²) in [7, 11) is 0. The van der Waals surface area contributed by atoms with Crippen LogP contribution in [0.1, 0.15) is 0 Å². The van der Waals surface area contributed by atoms with Crippen LogP contribution >= 0.6 is 23.2 Å². The number of hydrogen-bond acceptors (Lipinski definition) is 4. The predicted molar refractivity (Wildman–Crippen MR) is 70.5 cm³/mol. The number of benzene rings is 1. The predicted octanol–water partition coefficient (Wildman–Crippen LogP) is 3.31. The highest BCUT2D eigenvalue weighted by atomic mass is 35.5. The highest BCUT2D eigenvalue weighted by Crippen LogP contribution is 2.26. The lowest BCUT2D eigenvalue weighted by Crippen LogP contribution is -2.03. The van der Waals surface area contributed by atoms with E-state index in [-0.39, 0.29) is 15.9 Å². The van der Waals surface area contributed by atoms with Gasteiger partial charge in [-0.2, -0.15) is 19.6 Å². The fourth-order valence-corrected chi connectivity index (χ4v) is 1.96. The van der Waals surface area contributed by atoms with Gasteiger partial charge >= 0.3 is 0 Å². The van der Waals surface area contributed by atoms with Gasteiger partial charge in [-0.15, -0.1) is 0 Å². The smallest absolute Gasteiger partial charge is 0.255 e. The molecule has 1 aromatic carbocycles. The molecule has 2 aromatic heterocycles. The molecule has 1 N–H and O–H groups in total. The van der Waals surface area contributed by atoms with Gasteiger partial charge in [0.1, 0.15) is 17.3 Å². The van der Waals surface area contributed by atoms with Crippen molar-refractivity contribution in [2.24, 2.45) is 0 Å². The maximum Gasteiger partial charge on any atom is 0.255 e. The molecule has 0 unspecified atom stereocenters. The van der Waals surface area contributed by atoms with Gasteiger partial charge in [-0.25, -0.2) is 4.39 Å². The summed E-state index contributed by atoms with van der Waals surface area (Å²) < 4.78 is 15.2. The number of aromatic nitrogens is 4. The molecule has 0 radical (unpaired) electrons. The van der Waals surface area contributed by atoms with Crippen LogP contribution in [-0.4, -0.2) is 19.6 Å². The van der Waals surface area contributed by atoms with E-state index in [1.807, 2.05) is 0 Å². The summed E-state index contributed by atoms with van der Waals surface area (Å²) in [5.74, 6) is 0.205. The summed E-state index contributed by atoms with van der Waals surface area (Å²) in [6.07, 6.45) is 1.33. The number of nitrogens with one attached hydrogen (secondary N) is 1. The van der Waals surface area contributed by atoms with Crippen LogP contribution < -0.4 is 5.32 Å². The first-order valence-electron chi connectivity index (χ1n) is 5.22. The normalized spacial score (nSPS) is 10.9. The van der Waals surface area contributed by atoms with Crippen LogP contribution in [0.4, 0.5) is 15.9 Å². The molecule has 0 bridgehead atoms. The van der Waals surface area contributed by atoms with Gasteiger partial charge in [0.15, 0.2) is 5.82 Å². The second-order valence-corrected chi connectivity index (χ2v) is 4.46. The Bertz CT molecular complexity index is 758. The molecule has 19 heavy (non-hydrogen) atoms. The second kappa shape index (κ2) is 4.64. The number of anilines is 2. The van der Waals surface area contributed by atoms with E-state index in [4.69, 9.17) is 23.2 Å². The van der Waals surface area contributed by atoms with Gasteiger partial charge in [-0.1, -0.05) is 29.3 Å². The molecule has 0 fully saturated rings. The van der Waals surface area contributed by atoms with Crippen molar-refractivity contribution >= 4 is 40.5 Å². The third kappa shape index (κ3) is 2.20. The summed E-state index contributed by atoms with van der Waals surface area (Å²) in [4.78, 5) is 7.89. The van der Waals surface area contributed by atoms with Crippen LogP contribution in [0, 0.1) is 5.82 Å². The summed E-state index contributed by atoms with van der Waals surface area (Å²) in [6.45, 7) is 0. The molecule has 0 aliphatic rings. The monoisotopic (exact) mass is 297 g/mol. The molecule has 0 spiro atoms. The standard InChI is InChI=1S/C11H6Cl2FN5/c12-6-2-1-3-7(10(6)14)17-9-4-8(13)18-11-15-5-16-19(9)11/h1-5,17H. The van der Waals surface area contributed by atoms with E-state index >= 15 is 0 Å². The van der Waals surface area contributed by atoms with E-state index in [0.717, 1.165) is 0 Å². The lowest BCUT2D eigenvalue weighted by molar-refractivity contribution is 0.632. The maximum atomic E-state index is 13.8. The van der Waals surface area contributed by atoms with Crippen LogP contribution in [0.2, 0.25) is 10.2 Å². The fraction of sp³-hybridized carbons (Fsp3) is 0. The van der Waals surface area contributed by atoms with Crippen molar-refractivity contribution in [1.82, 2.24) is 19.6 Å². The van der Waals surface area contributed by atoms with Crippen LogP contribution in [0.5, 0.6) is 0 Å². The second-order valence-electron chi connectivity index (χ2n) is 3.66.